The highest BCUT2D eigenvalue weighted by Gasteiger charge is 2.47. The summed E-state index contributed by atoms with van der Waals surface area (Å²) in [7, 11) is -1.77. The summed E-state index contributed by atoms with van der Waals surface area (Å²) in [5.74, 6) is -8.44. The predicted molar refractivity (Wildman–Crippen MR) is 312 cm³/mol. The molecule has 95 heavy (non-hydrogen) atoms. The highest BCUT2D eigenvalue weighted by Crippen LogP contribution is 2.42. The highest BCUT2D eigenvalue weighted by molar-refractivity contribution is 7.84. The maximum atomic E-state index is 15.0. The second-order valence-corrected chi connectivity index (χ2v) is 23.7. The van der Waals surface area contributed by atoms with Gasteiger partial charge in [0, 0.05) is 29.7 Å². The van der Waals surface area contributed by atoms with Gasteiger partial charge in [-0.15, -0.1) is 0 Å². The van der Waals surface area contributed by atoms with Crippen LogP contribution in [0.25, 0.3) is 0 Å². The normalized spacial score (nSPS) is 13.5. The smallest absolute Gasteiger partial charge is 0.428 e. The summed E-state index contributed by atoms with van der Waals surface area (Å²) in [6, 6.07) is 40.1. The summed E-state index contributed by atoms with van der Waals surface area (Å²) in [6.07, 6.45) is -28.5. The molecule has 0 bridgehead atoms. The number of nitrogens with one attached hydrogen (secondary N) is 2. The molecule has 0 aromatic heterocycles. The second-order valence-electron chi connectivity index (χ2n) is 21.4. The summed E-state index contributed by atoms with van der Waals surface area (Å²) in [6.45, 7) is 5.14. The molecule has 1 amide bonds. The molecular weight excluding hydrogens is 1340 g/mol. The molecular formula is C66H47ClF18N4O5S. The Bertz CT molecular complexity index is 4110. The lowest BCUT2D eigenvalue weighted by Crippen LogP contribution is -2.50. The molecule has 9 nitrogen and oxygen atoms in total. The molecule has 0 aliphatic heterocycles. The van der Waals surface area contributed by atoms with E-state index < -0.39 is 127 Å². The molecule has 0 spiro atoms. The number of carbonyl (C=O) groups is 2. The van der Waals surface area contributed by atoms with Crippen LogP contribution in [0, 0.1) is 45.9 Å². The molecule has 0 heterocycles. The molecule has 0 fully saturated rings. The van der Waals surface area contributed by atoms with Crippen molar-refractivity contribution in [1.82, 2.24) is 10.0 Å². The molecule has 0 saturated heterocycles. The van der Waals surface area contributed by atoms with Gasteiger partial charge in [-0.2, -0.15) is 72.0 Å². The number of halogens is 19. The van der Waals surface area contributed by atoms with Crippen LogP contribution >= 0.6 is 11.6 Å². The van der Waals surface area contributed by atoms with Crippen molar-refractivity contribution in [1.29, 1.82) is 10.5 Å². The molecule has 0 aliphatic carbocycles. The first-order chi connectivity index (χ1) is 44.2. The van der Waals surface area contributed by atoms with Crippen LogP contribution in [0.2, 0.25) is 0 Å². The first kappa shape index (κ1) is 74.7. The van der Waals surface area contributed by atoms with Crippen LogP contribution in [-0.4, -0.2) is 45.2 Å². The first-order valence-electron chi connectivity index (χ1n) is 27.1. The fraction of sp³-hybridized carbons (Fsp3) is 0.212. The third kappa shape index (κ3) is 19.4. The van der Waals surface area contributed by atoms with E-state index in [4.69, 9.17) is 11.6 Å². The van der Waals surface area contributed by atoms with E-state index in [1.165, 1.54) is 36.4 Å². The Hall–Kier alpha value is -9.38. The number of nitrogens with zero attached hydrogens (tertiary/aromatic N) is 2. The Kier molecular flexibility index (Phi) is 23.9. The molecule has 8 aromatic carbocycles. The van der Waals surface area contributed by atoms with Crippen molar-refractivity contribution in [3.8, 4) is 23.6 Å². The minimum Gasteiger partial charge on any atom is -0.428 e. The maximum absolute atomic E-state index is 15.0. The molecule has 29 heteroatoms. The molecule has 0 saturated carbocycles. The number of nitriles is 2. The molecule has 1 unspecified atom stereocenters. The van der Waals surface area contributed by atoms with E-state index in [1.807, 2.05) is 12.1 Å². The summed E-state index contributed by atoms with van der Waals surface area (Å²) < 4.78 is 264. The van der Waals surface area contributed by atoms with Crippen LogP contribution in [-0.2, 0) is 47.3 Å². The average molecular weight is 1390 g/mol. The number of carbonyl (C=O) groups excluding carboxylic acids is 2. The number of ether oxygens (including phenoxy) is 2. The number of alkyl halides is 14. The summed E-state index contributed by atoms with van der Waals surface area (Å²) in [5, 5.41) is 20.0. The zero-order valence-corrected chi connectivity index (χ0v) is 50.5. The monoisotopic (exact) mass is 1380 g/mol. The van der Waals surface area contributed by atoms with Crippen LogP contribution in [0.1, 0.15) is 97.1 Å². The number of amides is 1. The van der Waals surface area contributed by atoms with E-state index in [-0.39, 0.29) is 46.7 Å². The standard InChI is InChI=1S/C31H19F9N2O2.C27H25F5N2O2S.C8H3ClF4O/c32-23-13-22(14-24(15-23)44-31(39,40)28(34)35)29(16-18-4-2-1-3-5-18,21-9-6-19(17-41)7-10-21)42-27(43)20-8-11-26(33)25(12-20)30(36,37)38;1-25(2,3)37(35)34-26(16-18-7-5-4-6-8-18,20-11-9-19(17-33)10-12-20)21-13-22(28)15-23(14-21)36-27(31,32)24(29)30;9-7(14)4-1-2-6(10)5(3-4)8(11,12)13/h1-15,28H,16H2,(H,42,43);4-15,24,34H,16H2,1-3H3;1-3H/t29-;26-,37?;/m11./s1. The van der Waals surface area contributed by atoms with Crippen LogP contribution in [0.3, 0.4) is 0 Å². The summed E-state index contributed by atoms with van der Waals surface area (Å²) in [4.78, 5) is 24.1. The van der Waals surface area contributed by atoms with Gasteiger partial charge >= 0.3 is 37.4 Å². The predicted octanol–water partition coefficient (Wildman–Crippen LogP) is 17.7. The largest absolute Gasteiger partial charge is 0.461 e. The van der Waals surface area contributed by atoms with Gasteiger partial charge in [0.05, 0.1) is 61.2 Å². The van der Waals surface area contributed by atoms with Gasteiger partial charge in [-0.3, -0.25) is 9.59 Å². The van der Waals surface area contributed by atoms with Crippen molar-refractivity contribution in [2.75, 3.05) is 0 Å². The van der Waals surface area contributed by atoms with Gasteiger partial charge in [0.1, 0.15) is 34.8 Å². The molecule has 8 aromatic rings. The quantitative estimate of drug-likeness (QED) is 0.0606. The van der Waals surface area contributed by atoms with Gasteiger partial charge in [-0.05, 0) is 157 Å². The molecule has 500 valence electrons. The lowest BCUT2D eigenvalue weighted by atomic mass is 9.77. The summed E-state index contributed by atoms with van der Waals surface area (Å²) in [5.41, 5.74) is -5.99. The van der Waals surface area contributed by atoms with Gasteiger partial charge in [0.25, 0.3) is 11.1 Å². The van der Waals surface area contributed by atoms with Crippen LogP contribution in [0.15, 0.2) is 182 Å². The van der Waals surface area contributed by atoms with Crippen molar-refractivity contribution in [3.05, 3.63) is 272 Å². The van der Waals surface area contributed by atoms with Crippen LogP contribution in [0.5, 0.6) is 11.5 Å². The van der Waals surface area contributed by atoms with E-state index in [0.717, 1.165) is 42.0 Å². The highest BCUT2D eigenvalue weighted by atomic mass is 35.5. The zero-order valence-electron chi connectivity index (χ0n) is 48.9. The topological polar surface area (TPSA) is 141 Å². The molecule has 0 radical (unpaired) electrons. The van der Waals surface area contributed by atoms with Crippen molar-refractivity contribution in [3.63, 3.8) is 0 Å². The second kappa shape index (κ2) is 30.4. The number of hydrogen-bond acceptors (Lipinski definition) is 7. The van der Waals surface area contributed by atoms with E-state index in [9.17, 15) is 103 Å². The fourth-order valence-corrected chi connectivity index (χ4v) is 10.1. The van der Waals surface area contributed by atoms with Crippen LogP contribution < -0.4 is 19.5 Å². The Morgan fingerprint density at radius 1 is 0.495 bits per heavy atom. The molecule has 2 N–H and O–H groups in total. The third-order valence-electron chi connectivity index (χ3n) is 13.6. The molecule has 3 atom stereocenters. The van der Waals surface area contributed by atoms with Gasteiger partial charge in [0.2, 0.25) is 0 Å². The first-order valence-corrected chi connectivity index (χ1v) is 28.6. The van der Waals surface area contributed by atoms with Gasteiger partial charge in [-0.1, -0.05) is 84.9 Å². The molecule has 0 aliphatic rings. The minimum atomic E-state index is -5.17. The van der Waals surface area contributed by atoms with Crippen LogP contribution in [0.4, 0.5) is 79.0 Å². The molecule has 8 rings (SSSR count). The average Bonchev–Trinajstić information content (AvgIpc) is 0.767. The van der Waals surface area contributed by atoms with Crippen molar-refractivity contribution in [2.45, 2.75) is 86.9 Å². The zero-order chi connectivity index (χ0) is 70.6. The van der Waals surface area contributed by atoms with E-state index in [1.54, 1.807) is 93.6 Å². The Morgan fingerprint density at radius 3 is 1.23 bits per heavy atom. The number of hydrogen-bond donors (Lipinski definition) is 2. The fourth-order valence-electron chi connectivity index (χ4n) is 9.01. The SMILES string of the molecule is CC(C)(C)S(=O)N[C@](Cc1ccccc1)(c1ccc(C#N)cc1)c1cc(F)cc(OC(F)(F)C(F)F)c1.N#Cc1ccc([C@@](Cc2ccccc2)(NC(=O)c2ccc(F)c(C(F)(F)F)c2)c2cc(F)cc(OC(F)(F)C(F)F)c2)cc1.O=C(Cl)c1ccc(F)c(C(F)(F)F)c1. The summed E-state index contributed by atoms with van der Waals surface area (Å²) >= 11 is 4.95. The maximum Gasteiger partial charge on any atom is 0.461 e. The van der Waals surface area contributed by atoms with E-state index in [0.29, 0.717) is 47.0 Å². The number of benzene rings is 8. The Balaban J connectivity index is 0.000000252. The van der Waals surface area contributed by atoms with Gasteiger partial charge < -0.3 is 14.8 Å². The lowest BCUT2D eigenvalue weighted by Gasteiger charge is -2.38. The van der Waals surface area contributed by atoms with Crippen molar-refractivity contribution in [2.24, 2.45) is 0 Å². The Morgan fingerprint density at radius 2 is 0.863 bits per heavy atom. The number of rotatable bonds is 19. The van der Waals surface area contributed by atoms with Gasteiger partial charge in [-0.25, -0.2) is 26.5 Å². The third-order valence-corrected chi connectivity index (χ3v) is 15.4. The van der Waals surface area contributed by atoms with Crippen molar-refractivity contribution < 1.29 is 102 Å². The lowest BCUT2D eigenvalue weighted by molar-refractivity contribution is -0.253. The minimum absolute atomic E-state index is 0.0127. The van der Waals surface area contributed by atoms with Gasteiger partial charge in [0.15, 0.2) is 0 Å². The van der Waals surface area contributed by atoms with Crippen molar-refractivity contribution >= 4 is 33.7 Å². The van der Waals surface area contributed by atoms with E-state index >= 15 is 0 Å². The Labute approximate surface area is 537 Å². The van der Waals surface area contributed by atoms with E-state index in [2.05, 4.69) is 19.5 Å².